The van der Waals surface area contributed by atoms with Crippen LogP contribution in [0.2, 0.25) is 0 Å². The molecule has 1 atom stereocenters. The number of β-amino-alcohol motifs (C(OH)–C–C–N with tert-alkyl or cyclic N) is 1. The lowest BCUT2D eigenvalue weighted by Gasteiger charge is -2.29. The number of imidazole rings is 1. The molecule has 180 valence electrons. The SMILES string of the molecule is Nc1ncc2c(F)cc(-c3cn(CC(F)F)cn3)n2n1.O=S(=O)(C1CC1)N1CCCC(O)C1. The van der Waals surface area contributed by atoms with Gasteiger partial charge in [-0.25, -0.2) is 36.1 Å². The zero-order chi connectivity index (χ0) is 23.8. The van der Waals surface area contributed by atoms with Crippen molar-refractivity contribution in [1.29, 1.82) is 0 Å². The van der Waals surface area contributed by atoms with Crippen molar-refractivity contribution >= 4 is 21.5 Å². The Morgan fingerprint density at radius 2 is 2.00 bits per heavy atom. The van der Waals surface area contributed by atoms with Crippen LogP contribution in [0.25, 0.3) is 16.9 Å². The smallest absolute Gasteiger partial charge is 0.256 e. The van der Waals surface area contributed by atoms with Crippen LogP contribution in [-0.2, 0) is 16.6 Å². The number of nitrogens with zero attached hydrogens (tertiary/aromatic N) is 6. The topological polar surface area (TPSA) is 132 Å². The van der Waals surface area contributed by atoms with Crippen molar-refractivity contribution in [3.05, 3.63) is 30.6 Å². The molecule has 1 unspecified atom stereocenters. The molecule has 1 aliphatic heterocycles. The second kappa shape index (κ2) is 9.27. The van der Waals surface area contributed by atoms with Gasteiger partial charge in [0.1, 0.15) is 11.2 Å². The molecule has 10 nitrogen and oxygen atoms in total. The van der Waals surface area contributed by atoms with E-state index in [2.05, 4.69) is 15.1 Å². The Balaban J connectivity index is 0.000000172. The average molecular weight is 488 g/mol. The molecule has 14 heteroatoms. The van der Waals surface area contributed by atoms with E-state index in [0.717, 1.165) is 25.7 Å². The summed E-state index contributed by atoms with van der Waals surface area (Å²) in [6, 6.07) is 1.21. The molecule has 2 fully saturated rings. The highest BCUT2D eigenvalue weighted by Crippen LogP contribution is 2.32. The van der Waals surface area contributed by atoms with Crippen molar-refractivity contribution in [2.75, 3.05) is 18.8 Å². The van der Waals surface area contributed by atoms with Gasteiger partial charge in [-0.2, -0.15) is 4.31 Å². The van der Waals surface area contributed by atoms with Gasteiger partial charge < -0.3 is 15.4 Å². The van der Waals surface area contributed by atoms with Crippen LogP contribution >= 0.6 is 0 Å². The van der Waals surface area contributed by atoms with Gasteiger partial charge in [-0.15, -0.1) is 5.10 Å². The van der Waals surface area contributed by atoms with Crippen molar-refractivity contribution in [3.8, 4) is 11.4 Å². The summed E-state index contributed by atoms with van der Waals surface area (Å²) in [5, 5.41) is 13.1. The summed E-state index contributed by atoms with van der Waals surface area (Å²) in [7, 11) is -3.05. The van der Waals surface area contributed by atoms with Gasteiger partial charge in [-0.3, -0.25) is 0 Å². The number of halogens is 3. The van der Waals surface area contributed by atoms with Crippen LogP contribution in [0.1, 0.15) is 25.7 Å². The second-order valence-electron chi connectivity index (χ2n) is 8.04. The highest BCUT2D eigenvalue weighted by Gasteiger charge is 2.41. The molecule has 0 amide bonds. The fraction of sp³-hybridized carbons (Fsp3) is 0.526. The molecule has 4 heterocycles. The Morgan fingerprint density at radius 3 is 2.67 bits per heavy atom. The third-order valence-electron chi connectivity index (χ3n) is 5.40. The minimum atomic E-state index is -3.05. The molecule has 33 heavy (non-hydrogen) atoms. The molecule has 3 N–H and O–H groups in total. The molecule has 0 radical (unpaired) electrons. The van der Waals surface area contributed by atoms with E-state index in [9.17, 15) is 26.7 Å². The number of hydrogen-bond donors (Lipinski definition) is 2. The zero-order valence-electron chi connectivity index (χ0n) is 17.6. The molecule has 0 bridgehead atoms. The van der Waals surface area contributed by atoms with Crippen molar-refractivity contribution in [2.45, 2.75) is 50.0 Å². The van der Waals surface area contributed by atoms with Gasteiger partial charge in [0.25, 0.3) is 6.43 Å². The lowest BCUT2D eigenvalue weighted by atomic mass is 10.1. The molecule has 5 rings (SSSR count). The molecule has 0 spiro atoms. The van der Waals surface area contributed by atoms with E-state index < -0.39 is 34.9 Å². The van der Waals surface area contributed by atoms with Crippen LogP contribution in [0.5, 0.6) is 0 Å². The van der Waals surface area contributed by atoms with Crippen LogP contribution in [0.3, 0.4) is 0 Å². The number of piperidine rings is 1. The van der Waals surface area contributed by atoms with E-state index in [1.807, 2.05) is 0 Å². The maximum absolute atomic E-state index is 13.7. The number of hydrogen-bond acceptors (Lipinski definition) is 7. The Bertz CT molecular complexity index is 1230. The highest BCUT2D eigenvalue weighted by atomic mass is 32.2. The Labute approximate surface area is 187 Å². The number of sulfonamides is 1. The molecule has 0 aromatic carbocycles. The third kappa shape index (κ3) is 5.28. The lowest BCUT2D eigenvalue weighted by Crippen LogP contribution is -2.43. The van der Waals surface area contributed by atoms with Gasteiger partial charge >= 0.3 is 0 Å². The van der Waals surface area contributed by atoms with Crippen molar-refractivity contribution < 1.29 is 26.7 Å². The molecule has 1 saturated heterocycles. The third-order valence-corrected chi connectivity index (χ3v) is 7.76. The fourth-order valence-corrected chi connectivity index (χ4v) is 5.55. The molecule has 3 aromatic rings. The fourth-order valence-electron chi connectivity index (χ4n) is 3.63. The largest absolute Gasteiger partial charge is 0.392 e. The van der Waals surface area contributed by atoms with E-state index in [0.29, 0.717) is 24.5 Å². The lowest BCUT2D eigenvalue weighted by molar-refractivity contribution is 0.108. The normalized spacial score (nSPS) is 19.6. The summed E-state index contributed by atoms with van der Waals surface area (Å²) in [6.07, 6.45) is 4.07. The second-order valence-corrected chi connectivity index (χ2v) is 10.2. The van der Waals surface area contributed by atoms with E-state index >= 15 is 0 Å². The molecular weight excluding hydrogens is 463 g/mol. The zero-order valence-corrected chi connectivity index (χ0v) is 18.4. The van der Waals surface area contributed by atoms with Gasteiger partial charge in [0.15, 0.2) is 5.82 Å². The predicted molar refractivity (Wildman–Crippen MR) is 113 cm³/mol. The number of aliphatic hydroxyl groups is 1. The van der Waals surface area contributed by atoms with E-state index in [4.69, 9.17) is 5.73 Å². The standard InChI is InChI=1S/C11H9F3N6.C8H15NO3S/c12-6-1-8(20-9(6)2-16-11(15)18-20)7-3-19(5-17-7)4-10(13)14;10-7-2-1-5-9(6-7)13(11,12)8-3-4-8/h1-3,5,10H,4H2,(H2,15,18);7-8,10H,1-6H2. The summed E-state index contributed by atoms with van der Waals surface area (Å²) in [5.41, 5.74) is 6.24. The molecule has 1 aliphatic carbocycles. The van der Waals surface area contributed by atoms with Crippen LogP contribution in [0.4, 0.5) is 19.1 Å². The van der Waals surface area contributed by atoms with Crippen LogP contribution < -0.4 is 5.73 Å². The number of aliphatic hydroxyl groups excluding tert-OH is 1. The number of aromatic nitrogens is 5. The first-order valence-electron chi connectivity index (χ1n) is 10.4. The quantitative estimate of drug-likeness (QED) is 0.558. The summed E-state index contributed by atoms with van der Waals surface area (Å²) < 4.78 is 65.7. The van der Waals surface area contributed by atoms with E-state index in [-0.39, 0.29) is 16.7 Å². The summed E-state index contributed by atoms with van der Waals surface area (Å²) in [6.45, 7) is 0.421. The Kier molecular flexibility index (Phi) is 6.59. The minimum Gasteiger partial charge on any atom is -0.392 e. The molecule has 1 saturated carbocycles. The first-order chi connectivity index (χ1) is 15.6. The van der Waals surface area contributed by atoms with Gasteiger partial charge in [-0.05, 0) is 25.7 Å². The number of anilines is 1. The monoisotopic (exact) mass is 487 g/mol. The van der Waals surface area contributed by atoms with Gasteiger partial charge in [-0.1, -0.05) is 0 Å². The number of nitrogen functional groups attached to an aromatic ring is 1. The summed E-state index contributed by atoms with van der Waals surface area (Å²) >= 11 is 0. The molecule has 2 aliphatic rings. The Morgan fingerprint density at radius 1 is 1.24 bits per heavy atom. The number of alkyl halides is 2. The first-order valence-corrected chi connectivity index (χ1v) is 11.9. The average Bonchev–Trinajstić information content (AvgIpc) is 3.45. The van der Waals surface area contributed by atoms with Gasteiger partial charge in [0.05, 0.1) is 36.1 Å². The van der Waals surface area contributed by atoms with Crippen molar-refractivity contribution in [3.63, 3.8) is 0 Å². The summed E-state index contributed by atoms with van der Waals surface area (Å²) in [4.78, 5) is 7.67. The predicted octanol–water partition coefficient (Wildman–Crippen LogP) is 1.51. The van der Waals surface area contributed by atoms with Crippen LogP contribution in [0, 0.1) is 5.82 Å². The maximum atomic E-state index is 13.7. The minimum absolute atomic E-state index is 0.0265. The van der Waals surface area contributed by atoms with Gasteiger partial charge in [0, 0.05) is 25.4 Å². The first kappa shape index (κ1) is 23.4. The van der Waals surface area contributed by atoms with Crippen molar-refractivity contribution in [2.24, 2.45) is 0 Å². The Hall–Kier alpha value is -2.71. The van der Waals surface area contributed by atoms with Crippen molar-refractivity contribution in [1.82, 2.24) is 28.5 Å². The number of fused-ring (bicyclic) bond motifs is 1. The van der Waals surface area contributed by atoms with Gasteiger partial charge in [0.2, 0.25) is 16.0 Å². The number of nitrogens with two attached hydrogens (primary N) is 1. The number of rotatable bonds is 5. The summed E-state index contributed by atoms with van der Waals surface area (Å²) in [5.74, 6) is -0.565. The van der Waals surface area contributed by atoms with E-state index in [1.54, 1.807) is 0 Å². The van der Waals surface area contributed by atoms with Crippen LogP contribution in [-0.4, -0.2) is 72.8 Å². The molecule has 3 aromatic heterocycles. The van der Waals surface area contributed by atoms with E-state index in [1.165, 1.54) is 38.2 Å². The van der Waals surface area contributed by atoms with Crippen LogP contribution in [0.15, 0.2) is 24.8 Å². The highest BCUT2D eigenvalue weighted by molar-refractivity contribution is 7.90. The maximum Gasteiger partial charge on any atom is 0.256 e. The molecular formula is C19H24F3N7O3S.